The number of anilines is 1. The molecule has 7 heteroatoms. The molecular weight excluding hydrogens is 370 g/mol. The Labute approximate surface area is 158 Å². The quantitative estimate of drug-likeness (QED) is 0.316. The third-order valence-corrected chi connectivity index (χ3v) is 3.30. The van der Waals surface area contributed by atoms with Crippen molar-refractivity contribution in [3.05, 3.63) is 66.6 Å². The summed E-state index contributed by atoms with van der Waals surface area (Å²) in [6.45, 7) is 2.01. The molecule has 0 aliphatic heterocycles. The molecule has 0 saturated heterocycles. The zero-order valence-corrected chi connectivity index (χ0v) is 16.8. The number of esters is 1. The molecule has 0 saturated carbocycles. The summed E-state index contributed by atoms with van der Waals surface area (Å²) in [5.74, 6) is -0.531. The van der Waals surface area contributed by atoms with Crippen molar-refractivity contribution in [1.82, 2.24) is 9.97 Å². The Morgan fingerprint density at radius 1 is 1.08 bits per heavy atom. The fraction of sp³-hybridized carbons (Fsp3) is 0.111. The monoisotopic (exact) mass is 384 g/mol. The second kappa shape index (κ2) is 8.99. The third kappa shape index (κ3) is 4.45. The number of hydrogen-bond acceptors (Lipinski definition) is 6. The molecule has 0 aliphatic rings. The molecular formula is C18H16N4O2Zn+2. The van der Waals surface area contributed by atoms with E-state index in [1.165, 1.54) is 0 Å². The maximum absolute atomic E-state index is 12.2. The van der Waals surface area contributed by atoms with E-state index in [4.69, 9.17) is 4.74 Å². The normalized spacial score (nSPS) is 10.8. The predicted octanol–water partition coefficient (Wildman–Crippen LogP) is 3.01. The topological polar surface area (TPSA) is 76.5 Å². The summed E-state index contributed by atoms with van der Waals surface area (Å²) >= 11 is 0. The van der Waals surface area contributed by atoms with Crippen molar-refractivity contribution in [1.29, 1.82) is 0 Å². The van der Waals surface area contributed by atoms with Gasteiger partial charge in [-0.3, -0.25) is 15.4 Å². The number of pyridine rings is 2. The molecule has 1 aromatic carbocycles. The summed E-state index contributed by atoms with van der Waals surface area (Å²) in [4.78, 5) is 20.7. The molecule has 0 amide bonds. The van der Waals surface area contributed by atoms with E-state index in [9.17, 15) is 4.79 Å². The fourth-order valence-corrected chi connectivity index (χ4v) is 2.22. The molecule has 3 aromatic rings. The van der Waals surface area contributed by atoms with Gasteiger partial charge in [0.05, 0.1) is 23.5 Å². The maximum Gasteiger partial charge on any atom is 2.00 e. The Bertz CT molecular complexity index is 879. The number of benzene rings is 1. The van der Waals surface area contributed by atoms with E-state index in [1.54, 1.807) is 37.5 Å². The van der Waals surface area contributed by atoms with Gasteiger partial charge in [0.15, 0.2) is 5.71 Å². The summed E-state index contributed by atoms with van der Waals surface area (Å²) in [7, 11) is 0. The molecule has 3 rings (SSSR count). The molecule has 6 nitrogen and oxygen atoms in total. The van der Waals surface area contributed by atoms with Crippen LogP contribution in [-0.2, 0) is 29.0 Å². The SMILES string of the molecule is CCOC(=O)/C(=N\Nc1cccc2cccnc12)c1ccccn1.[Zn+2]. The van der Waals surface area contributed by atoms with Crippen molar-refractivity contribution in [3.63, 3.8) is 0 Å². The van der Waals surface area contributed by atoms with Gasteiger partial charge in [0.25, 0.3) is 0 Å². The Hall–Kier alpha value is -2.66. The maximum atomic E-state index is 12.2. The first-order chi connectivity index (χ1) is 11.8. The van der Waals surface area contributed by atoms with Crippen LogP contribution in [0.4, 0.5) is 5.69 Å². The van der Waals surface area contributed by atoms with Crippen molar-refractivity contribution in [2.45, 2.75) is 6.92 Å². The molecule has 0 aliphatic carbocycles. The van der Waals surface area contributed by atoms with Crippen LogP contribution in [0.3, 0.4) is 0 Å². The van der Waals surface area contributed by atoms with Crippen LogP contribution in [-0.4, -0.2) is 28.3 Å². The molecule has 0 bridgehead atoms. The second-order valence-electron chi connectivity index (χ2n) is 4.89. The number of hydrogen-bond donors (Lipinski definition) is 1. The predicted molar refractivity (Wildman–Crippen MR) is 92.8 cm³/mol. The van der Waals surface area contributed by atoms with Gasteiger partial charge in [-0.25, -0.2) is 4.79 Å². The number of para-hydroxylation sites is 1. The van der Waals surface area contributed by atoms with Crippen LogP contribution < -0.4 is 5.43 Å². The van der Waals surface area contributed by atoms with Gasteiger partial charge in [0.1, 0.15) is 0 Å². The Morgan fingerprint density at radius 2 is 1.88 bits per heavy atom. The largest absolute Gasteiger partial charge is 2.00 e. The zero-order chi connectivity index (χ0) is 16.8. The van der Waals surface area contributed by atoms with Gasteiger partial charge in [-0.2, -0.15) is 5.10 Å². The minimum atomic E-state index is -0.531. The Morgan fingerprint density at radius 3 is 2.64 bits per heavy atom. The number of carbonyl (C=O) groups is 1. The van der Waals surface area contributed by atoms with Gasteiger partial charge < -0.3 is 4.74 Å². The van der Waals surface area contributed by atoms with Crippen LogP contribution >= 0.6 is 0 Å². The molecule has 0 unspecified atom stereocenters. The Balaban J connectivity index is 0.00000225. The van der Waals surface area contributed by atoms with Crippen molar-refractivity contribution in [2.24, 2.45) is 5.10 Å². The van der Waals surface area contributed by atoms with Crippen LogP contribution in [0.2, 0.25) is 0 Å². The number of carbonyl (C=O) groups excluding carboxylic acids is 1. The van der Waals surface area contributed by atoms with E-state index < -0.39 is 5.97 Å². The number of rotatable bonds is 5. The number of nitrogens with zero attached hydrogens (tertiary/aromatic N) is 3. The van der Waals surface area contributed by atoms with Crippen LogP contribution in [0.5, 0.6) is 0 Å². The first-order valence-corrected chi connectivity index (χ1v) is 7.55. The first kappa shape index (κ1) is 18.7. The van der Waals surface area contributed by atoms with Gasteiger partial charge >= 0.3 is 25.4 Å². The summed E-state index contributed by atoms with van der Waals surface area (Å²) in [6.07, 6.45) is 3.31. The number of nitrogens with one attached hydrogen (secondary N) is 1. The van der Waals surface area contributed by atoms with E-state index in [2.05, 4.69) is 20.5 Å². The zero-order valence-electron chi connectivity index (χ0n) is 13.8. The van der Waals surface area contributed by atoms with Gasteiger partial charge in [-0.05, 0) is 31.2 Å². The average Bonchev–Trinajstić information content (AvgIpc) is 2.63. The number of ether oxygens (including phenoxy) is 1. The molecule has 120 valence electrons. The standard InChI is InChI=1S/C18H16N4O2.Zn/c1-2-24-18(23)17(14-9-3-4-11-19-14)22-21-15-10-5-7-13-8-6-12-20-16(13)15;/h3-12,21H,2H2,1H3;/q;+2/b22-17-;. The molecule has 0 radical (unpaired) electrons. The minimum Gasteiger partial charge on any atom is -0.461 e. The first-order valence-electron chi connectivity index (χ1n) is 7.55. The molecule has 2 heterocycles. The van der Waals surface area contributed by atoms with Crippen molar-refractivity contribution in [2.75, 3.05) is 12.0 Å². The second-order valence-corrected chi connectivity index (χ2v) is 4.89. The molecule has 0 fully saturated rings. The molecule has 0 atom stereocenters. The molecule has 2 aromatic heterocycles. The fourth-order valence-electron chi connectivity index (χ4n) is 2.22. The van der Waals surface area contributed by atoms with Crippen LogP contribution in [0.25, 0.3) is 10.9 Å². The van der Waals surface area contributed by atoms with Gasteiger partial charge in [0, 0.05) is 17.8 Å². The van der Waals surface area contributed by atoms with Crippen molar-refractivity contribution in [3.8, 4) is 0 Å². The molecule has 0 spiro atoms. The van der Waals surface area contributed by atoms with E-state index in [-0.39, 0.29) is 31.8 Å². The van der Waals surface area contributed by atoms with Gasteiger partial charge in [-0.15, -0.1) is 0 Å². The molecule has 1 N–H and O–H groups in total. The summed E-state index contributed by atoms with van der Waals surface area (Å²) in [5.41, 5.74) is 4.94. The third-order valence-electron chi connectivity index (χ3n) is 3.30. The van der Waals surface area contributed by atoms with Gasteiger partial charge in [-0.1, -0.05) is 24.3 Å². The van der Waals surface area contributed by atoms with Crippen molar-refractivity contribution < 1.29 is 29.0 Å². The smallest absolute Gasteiger partial charge is 0.461 e. The van der Waals surface area contributed by atoms with E-state index in [1.807, 2.05) is 30.3 Å². The van der Waals surface area contributed by atoms with Crippen LogP contribution in [0.1, 0.15) is 12.6 Å². The van der Waals surface area contributed by atoms with Crippen molar-refractivity contribution >= 4 is 28.3 Å². The summed E-state index contributed by atoms with van der Waals surface area (Å²) in [5, 5.41) is 5.20. The number of fused-ring (bicyclic) bond motifs is 1. The van der Waals surface area contributed by atoms with E-state index in [0.717, 1.165) is 10.9 Å². The minimum absolute atomic E-state index is 0. The van der Waals surface area contributed by atoms with Gasteiger partial charge in [0.2, 0.25) is 0 Å². The van der Waals surface area contributed by atoms with E-state index >= 15 is 0 Å². The summed E-state index contributed by atoms with van der Waals surface area (Å²) in [6, 6.07) is 14.8. The van der Waals surface area contributed by atoms with Crippen LogP contribution in [0, 0.1) is 0 Å². The number of hydrazone groups is 1. The van der Waals surface area contributed by atoms with E-state index in [0.29, 0.717) is 11.4 Å². The average molecular weight is 386 g/mol. The van der Waals surface area contributed by atoms with Crippen LogP contribution in [0.15, 0.2) is 66.0 Å². The molecule has 25 heavy (non-hydrogen) atoms. The summed E-state index contributed by atoms with van der Waals surface area (Å²) < 4.78 is 5.07. The number of aromatic nitrogens is 2. The Kier molecular flexibility index (Phi) is 6.72.